The van der Waals surface area contributed by atoms with E-state index < -0.39 is 18.0 Å². The first-order valence-electron chi connectivity index (χ1n) is 11.2. The van der Waals surface area contributed by atoms with Crippen LogP contribution >= 0.6 is 0 Å². The Balaban J connectivity index is 1.79. The van der Waals surface area contributed by atoms with Gasteiger partial charge in [-0.3, -0.25) is 4.90 Å². The van der Waals surface area contributed by atoms with Crippen LogP contribution in [0.3, 0.4) is 0 Å². The molecule has 9 nitrogen and oxygen atoms in total. The van der Waals surface area contributed by atoms with Gasteiger partial charge in [0.1, 0.15) is 5.75 Å². The molecule has 1 aliphatic rings. The highest BCUT2D eigenvalue weighted by molar-refractivity contribution is 6.00. The number of amides is 4. The number of nitrogens with one attached hydrogen (secondary N) is 3. The van der Waals surface area contributed by atoms with E-state index in [1.54, 1.807) is 61.2 Å². The second-order valence-corrected chi connectivity index (χ2v) is 7.66. The first kappa shape index (κ1) is 24.6. The number of hydrogen-bond acceptors (Lipinski definition) is 5. The van der Waals surface area contributed by atoms with E-state index in [1.807, 2.05) is 13.0 Å². The van der Waals surface area contributed by atoms with Gasteiger partial charge in [0.25, 0.3) is 0 Å². The number of urea groups is 2. The van der Waals surface area contributed by atoms with E-state index in [0.717, 1.165) is 6.42 Å². The first-order valence-corrected chi connectivity index (χ1v) is 11.2. The molecular weight excluding hydrogens is 436 g/mol. The minimum absolute atomic E-state index is 0.230. The predicted molar refractivity (Wildman–Crippen MR) is 130 cm³/mol. The van der Waals surface area contributed by atoms with Crippen LogP contribution in [-0.2, 0) is 9.53 Å². The summed E-state index contributed by atoms with van der Waals surface area (Å²) in [6.45, 7) is 6.19. The number of benzene rings is 2. The SMILES string of the molecule is CCCN1C(=O)N[C@H](c2ccc(NC(=O)Nc3ccccc3OC)cc2)C(C(=O)OCC)=C1C. The molecule has 1 aliphatic heterocycles. The Kier molecular flexibility index (Phi) is 8.13. The summed E-state index contributed by atoms with van der Waals surface area (Å²) in [5.41, 5.74) is 2.75. The lowest BCUT2D eigenvalue weighted by Gasteiger charge is -2.35. The maximum absolute atomic E-state index is 12.8. The summed E-state index contributed by atoms with van der Waals surface area (Å²) in [5, 5.41) is 8.42. The molecule has 0 aromatic heterocycles. The fourth-order valence-corrected chi connectivity index (χ4v) is 3.79. The molecule has 0 unspecified atom stereocenters. The van der Waals surface area contributed by atoms with Crippen molar-refractivity contribution in [1.29, 1.82) is 0 Å². The van der Waals surface area contributed by atoms with Gasteiger partial charge < -0.3 is 25.4 Å². The van der Waals surface area contributed by atoms with Gasteiger partial charge in [-0.25, -0.2) is 14.4 Å². The van der Waals surface area contributed by atoms with Gasteiger partial charge in [0, 0.05) is 17.9 Å². The van der Waals surface area contributed by atoms with Crippen LogP contribution in [0.25, 0.3) is 0 Å². The number of methoxy groups -OCH3 is 1. The van der Waals surface area contributed by atoms with E-state index >= 15 is 0 Å². The molecule has 0 fully saturated rings. The standard InChI is InChI=1S/C25H30N4O5/c1-5-15-29-16(3)21(23(30)34-6-2)22(28-25(29)32)17-11-13-18(14-12-17)26-24(31)27-19-9-7-8-10-20(19)33-4/h7-14,22H,5-6,15H2,1-4H3,(H,28,32)(H2,26,27,31)/t22-/m1/s1. The van der Waals surface area contributed by atoms with E-state index in [4.69, 9.17) is 9.47 Å². The smallest absolute Gasteiger partial charge is 0.338 e. The largest absolute Gasteiger partial charge is 0.495 e. The quantitative estimate of drug-likeness (QED) is 0.491. The summed E-state index contributed by atoms with van der Waals surface area (Å²) < 4.78 is 10.5. The number of nitrogens with zero attached hydrogens (tertiary/aromatic N) is 1. The molecule has 3 N–H and O–H groups in total. The van der Waals surface area contributed by atoms with Crippen molar-refractivity contribution in [2.45, 2.75) is 33.2 Å². The molecule has 1 atom stereocenters. The van der Waals surface area contributed by atoms with Gasteiger partial charge in [0.05, 0.1) is 31.0 Å². The van der Waals surface area contributed by atoms with Crippen LogP contribution in [-0.4, -0.2) is 43.2 Å². The molecule has 3 rings (SSSR count). The van der Waals surface area contributed by atoms with Crippen molar-refractivity contribution in [2.24, 2.45) is 0 Å². The van der Waals surface area contributed by atoms with Crippen molar-refractivity contribution in [3.8, 4) is 5.75 Å². The second kappa shape index (κ2) is 11.2. The molecule has 2 aromatic rings. The fourth-order valence-electron chi connectivity index (χ4n) is 3.79. The van der Waals surface area contributed by atoms with E-state index in [0.29, 0.717) is 40.5 Å². The Morgan fingerprint density at radius 2 is 1.76 bits per heavy atom. The van der Waals surface area contributed by atoms with E-state index in [2.05, 4.69) is 16.0 Å². The molecular formula is C25H30N4O5. The molecule has 180 valence electrons. The van der Waals surface area contributed by atoms with Crippen LogP contribution in [0.15, 0.2) is 59.8 Å². The first-order chi connectivity index (χ1) is 16.4. The molecule has 0 radical (unpaired) electrons. The third kappa shape index (κ3) is 5.48. The van der Waals surface area contributed by atoms with Gasteiger partial charge in [-0.05, 0) is 50.1 Å². The third-order valence-electron chi connectivity index (χ3n) is 5.40. The normalized spacial score (nSPS) is 15.5. The highest BCUT2D eigenvalue weighted by Crippen LogP contribution is 2.32. The number of para-hydroxylation sites is 2. The summed E-state index contributed by atoms with van der Waals surface area (Å²) in [6, 6.07) is 12.7. The molecule has 4 amide bonds. The van der Waals surface area contributed by atoms with Gasteiger partial charge in [-0.2, -0.15) is 0 Å². The molecule has 0 saturated heterocycles. The summed E-state index contributed by atoms with van der Waals surface area (Å²) in [5.74, 6) is 0.0799. The minimum atomic E-state index is -0.656. The lowest BCUT2D eigenvalue weighted by molar-refractivity contribution is -0.139. The Labute approximate surface area is 199 Å². The minimum Gasteiger partial charge on any atom is -0.495 e. The highest BCUT2D eigenvalue weighted by atomic mass is 16.5. The van der Waals surface area contributed by atoms with Crippen molar-refractivity contribution >= 4 is 29.4 Å². The molecule has 34 heavy (non-hydrogen) atoms. The van der Waals surface area contributed by atoms with Crippen LogP contribution < -0.4 is 20.7 Å². The van der Waals surface area contributed by atoms with Crippen LogP contribution in [0.1, 0.15) is 38.8 Å². The molecule has 9 heteroatoms. The molecule has 0 saturated carbocycles. The third-order valence-corrected chi connectivity index (χ3v) is 5.40. The number of hydrogen-bond donors (Lipinski definition) is 3. The number of carbonyl (C=O) groups excluding carboxylic acids is 3. The van der Waals surface area contributed by atoms with Crippen LogP contribution in [0.4, 0.5) is 21.0 Å². The molecule has 0 bridgehead atoms. The zero-order chi connectivity index (χ0) is 24.7. The average Bonchev–Trinajstić information content (AvgIpc) is 2.82. The maximum Gasteiger partial charge on any atom is 0.338 e. The Bertz CT molecular complexity index is 1080. The summed E-state index contributed by atoms with van der Waals surface area (Å²) in [6.07, 6.45) is 0.753. The van der Waals surface area contributed by atoms with Crippen molar-refractivity contribution in [3.63, 3.8) is 0 Å². The average molecular weight is 467 g/mol. The van der Waals surface area contributed by atoms with E-state index in [-0.39, 0.29) is 12.6 Å². The monoisotopic (exact) mass is 466 g/mol. The Hall–Kier alpha value is -4.01. The summed E-state index contributed by atoms with van der Waals surface area (Å²) in [4.78, 5) is 39.4. The predicted octanol–water partition coefficient (Wildman–Crippen LogP) is 4.65. The van der Waals surface area contributed by atoms with Crippen molar-refractivity contribution in [3.05, 3.63) is 65.4 Å². The summed E-state index contributed by atoms with van der Waals surface area (Å²) >= 11 is 0. The number of esters is 1. The fraction of sp³-hybridized carbons (Fsp3) is 0.320. The lowest BCUT2D eigenvalue weighted by atomic mass is 9.94. The van der Waals surface area contributed by atoms with Crippen LogP contribution in [0.2, 0.25) is 0 Å². The van der Waals surface area contributed by atoms with Gasteiger partial charge in [-0.15, -0.1) is 0 Å². The van der Waals surface area contributed by atoms with Crippen molar-refractivity contribution < 1.29 is 23.9 Å². The Morgan fingerprint density at radius 3 is 2.41 bits per heavy atom. The zero-order valence-corrected chi connectivity index (χ0v) is 19.8. The van der Waals surface area contributed by atoms with E-state index in [1.165, 1.54) is 7.11 Å². The molecule has 2 aromatic carbocycles. The Morgan fingerprint density at radius 1 is 1.06 bits per heavy atom. The molecule has 0 aliphatic carbocycles. The van der Waals surface area contributed by atoms with Gasteiger partial charge in [-0.1, -0.05) is 31.2 Å². The summed E-state index contributed by atoms with van der Waals surface area (Å²) in [7, 11) is 1.53. The maximum atomic E-state index is 12.8. The number of anilines is 2. The van der Waals surface area contributed by atoms with Gasteiger partial charge in [0.15, 0.2) is 0 Å². The number of carbonyl (C=O) groups is 3. The topological polar surface area (TPSA) is 109 Å². The number of ether oxygens (including phenoxy) is 2. The van der Waals surface area contributed by atoms with Crippen molar-refractivity contribution in [2.75, 3.05) is 30.9 Å². The van der Waals surface area contributed by atoms with E-state index in [9.17, 15) is 14.4 Å². The van der Waals surface area contributed by atoms with Gasteiger partial charge >= 0.3 is 18.0 Å². The number of allylic oxidation sites excluding steroid dienone is 1. The number of rotatable bonds is 8. The molecule has 1 heterocycles. The van der Waals surface area contributed by atoms with Gasteiger partial charge in [0.2, 0.25) is 0 Å². The van der Waals surface area contributed by atoms with Crippen LogP contribution in [0, 0.1) is 0 Å². The zero-order valence-electron chi connectivity index (χ0n) is 19.8. The lowest BCUT2D eigenvalue weighted by Crippen LogP contribution is -2.48. The highest BCUT2D eigenvalue weighted by Gasteiger charge is 2.36. The molecule has 0 spiro atoms. The second-order valence-electron chi connectivity index (χ2n) is 7.66. The van der Waals surface area contributed by atoms with Crippen molar-refractivity contribution in [1.82, 2.24) is 10.2 Å². The van der Waals surface area contributed by atoms with Crippen LogP contribution in [0.5, 0.6) is 5.75 Å².